The van der Waals surface area contributed by atoms with Crippen LogP contribution >= 0.6 is 12.6 Å². The van der Waals surface area contributed by atoms with E-state index in [0.29, 0.717) is 12.3 Å². The minimum absolute atomic E-state index is 0.0653. The number of rotatable bonds is 19. The SMILES string of the molecule is CCCCCCCCCCC=C=CCC(=O)N(CCC(=O)NCCS)C(=O)[C@@H](O)C(C)(C)CO. The molecule has 1 atom stereocenters. The van der Waals surface area contributed by atoms with Crippen LogP contribution in [0.25, 0.3) is 0 Å². The first-order chi connectivity index (χ1) is 16.2. The summed E-state index contributed by atoms with van der Waals surface area (Å²) in [6.07, 6.45) is 12.6. The smallest absolute Gasteiger partial charge is 0.258 e. The van der Waals surface area contributed by atoms with Crippen LogP contribution in [0.1, 0.15) is 91.4 Å². The van der Waals surface area contributed by atoms with E-state index < -0.39 is 29.9 Å². The summed E-state index contributed by atoms with van der Waals surface area (Å²) in [6, 6.07) is 0. The van der Waals surface area contributed by atoms with Gasteiger partial charge < -0.3 is 15.5 Å². The predicted octanol–water partition coefficient (Wildman–Crippen LogP) is 3.79. The lowest BCUT2D eigenvalue weighted by Gasteiger charge is -2.31. The second-order valence-electron chi connectivity index (χ2n) is 9.30. The first kappa shape index (κ1) is 32.4. The van der Waals surface area contributed by atoms with Crippen LogP contribution < -0.4 is 5.32 Å². The highest BCUT2D eigenvalue weighted by Crippen LogP contribution is 2.22. The quantitative estimate of drug-likeness (QED) is 0.123. The molecule has 0 unspecified atom stereocenters. The summed E-state index contributed by atoms with van der Waals surface area (Å²) in [7, 11) is 0. The minimum Gasteiger partial charge on any atom is -0.396 e. The van der Waals surface area contributed by atoms with Crippen LogP contribution in [-0.4, -0.2) is 64.4 Å². The number of carbonyl (C=O) groups excluding carboxylic acids is 3. The molecular weight excluding hydrogens is 452 g/mol. The zero-order valence-electron chi connectivity index (χ0n) is 21.4. The van der Waals surface area contributed by atoms with Crippen molar-refractivity contribution in [2.75, 3.05) is 25.4 Å². The molecule has 0 aromatic carbocycles. The number of unbranched alkanes of at least 4 members (excludes halogenated alkanes) is 8. The van der Waals surface area contributed by atoms with Crippen LogP contribution in [0.15, 0.2) is 17.9 Å². The monoisotopic (exact) mass is 498 g/mol. The van der Waals surface area contributed by atoms with Gasteiger partial charge in [-0.3, -0.25) is 19.3 Å². The van der Waals surface area contributed by atoms with Crippen molar-refractivity contribution in [2.24, 2.45) is 5.41 Å². The molecule has 0 aromatic rings. The second-order valence-corrected chi connectivity index (χ2v) is 9.75. The van der Waals surface area contributed by atoms with Gasteiger partial charge in [-0.1, -0.05) is 65.7 Å². The number of nitrogens with one attached hydrogen (secondary N) is 1. The summed E-state index contributed by atoms with van der Waals surface area (Å²) < 4.78 is 0. The van der Waals surface area contributed by atoms with Crippen LogP contribution in [0.2, 0.25) is 0 Å². The maximum atomic E-state index is 12.8. The zero-order valence-corrected chi connectivity index (χ0v) is 22.2. The third kappa shape index (κ3) is 14.6. The number of aliphatic hydroxyl groups is 2. The normalized spacial score (nSPS) is 11.9. The summed E-state index contributed by atoms with van der Waals surface area (Å²) in [5.74, 6) is -1.17. The van der Waals surface area contributed by atoms with Crippen LogP contribution in [0.4, 0.5) is 0 Å². The van der Waals surface area contributed by atoms with Crippen LogP contribution in [0.3, 0.4) is 0 Å². The Labute approximate surface area is 211 Å². The third-order valence-corrected chi connectivity index (χ3v) is 5.88. The Kier molecular flexibility index (Phi) is 18.8. The molecule has 34 heavy (non-hydrogen) atoms. The fourth-order valence-corrected chi connectivity index (χ4v) is 3.34. The van der Waals surface area contributed by atoms with Gasteiger partial charge in [-0.15, -0.1) is 5.73 Å². The van der Waals surface area contributed by atoms with Crippen molar-refractivity contribution >= 4 is 30.4 Å². The molecule has 0 rings (SSSR count). The maximum Gasteiger partial charge on any atom is 0.258 e. The highest BCUT2D eigenvalue weighted by Gasteiger charge is 2.37. The van der Waals surface area contributed by atoms with E-state index in [-0.39, 0.29) is 25.3 Å². The lowest BCUT2D eigenvalue weighted by Crippen LogP contribution is -2.50. The Balaban J connectivity index is 4.75. The number of carbonyl (C=O) groups is 3. The first-order valence-corrected chi connectivity index (χ1v) is 13.2. The summed E-state index contributed by atoms with van der Waals surface area (Å²) >= 11 is 4.03. The van der Waals surface area contributed by atoms with Gasteiger partial charge in [0.05, 0.1) is 13.0 Å². The molecule has 3 N–H and O–H groups in total. The van der Waals surface area contributed by atoms with Gasteiger partial charge in [0.25, 0.3) is 5.91 Å². The van der Waals surface area contributed by atoms with E-state index in [1.807, 2.05) is 6.08 Å². The number of amides is 3. The molecule has 3 amide bonds. The molecule has 0 aliphatic heterocycles. The number of imide groups is 1. The first-order valence-electron chi connectivity index (χ1n) is 12.6. The molecule has 0 radical (unpaired) electrons. The van der Waals surface area contributed by atoms with E-state index in [1.54, 1.807) is 6.08 Å². The Hall–Kier alpha value is -1.60. The third-order valence-electron chi connectivity index (χ3n) is 5.66. The summed E-state index contributed by atoms with van der Waals surface area (Å²) in [5, 5.41) is 22.5. The second kappa shape index (κ2) is 19.7. The molecular formula is C26H46N2O5S. The average Bonchev–Trinajstić information content (AvgIpc) is 2.82. The molecule has 0 spiro atoms. The van der Waals surface area contributed by atoms with E-state index in [0.717, 1.165) is 17.7 Å². The minimum atomic E-state index is -1.57. The lowest BCUT2D eigenvalue weighted by molar-refractivity contribution is -0.156. The van der Waals surface area contributed by atoms with Crippen molar-refractivity contribution in [1.29, 1.82) is 0 Å². The van der Waals surface area contributed by atoms with Crippen molar-refractivity contribution in [3.05, 3.63) is 17.9 Å². The van der Waals surface area contributed by atoms with E-state index >= 15 is 0 Å². The van der Waals surface area contributed by atoms with E-state index in [4.69, 9.17) is 0 Å². The van der Waals surface area contributed by atoms with Gasteiger partial charge in [-0.25, -0.2) is 0 Å². The van der Waals surface area contributed by atoms with Crippen molar-refractivity contribution in [2.45, 2.75) is 97.5 Å². The summed E-state index contributed by atoms with van der Waals surface area (Å²) in [5.41, 5.74) is 1.88. The topological polar surface area (TPSA) is 107 Å². The van der Waals surface area contributed by atoms with Crippen LogP contribution in [-0.2, 0) is 14.4 Å². The number of hydrogen-bond donors (Lipinski definition) is 4. The zero-order chi connectivity index (χ0) is 25.8. The molecule has 0 bridgehead atoms. The fourth-order valence-electron chi connectivity index (χ4n) is 3.23. The number of aliphatic hydroxyl groups excluding tert-OH is 2. The lowest BCUT2D eigenvalue weighted by atomic mass is 9.86. The van der Waals surface area contributed by atoms with Crippen molar-refractivity contribution in [3.8, 4) is 0 Å². The molecule has 0 aliphatic rings. The molecule has 0 saturated carbocycles. The molecule has 8 heteroatoms. The van der Waals surface area contributed by atoms with Crippen molar-refractivity contribution in [1.82, 2.24) is 10.2 Å². The van der Waals surface area contributed by atoms with E-state index in [1.165, 1.54) is 58.8 Å². The number of thiol groups is 1. The van der Waals surface area contributed by atoms with Gasteiger partial charge in [-0.05, 0) is 25.0 Å². The molecule has 0 aromatic heterocycles. The van der Waals surface area contributed by atoms with E-state index in [2.05, 4.69) is 30.6 Å². The standard InChI is InChI=1S/C26H46N2O5S/c1-4-5-6-7-8-9-10-11-12-13-14-15-16-23(31)28(19-17-22(30)27-18-20-34)25(33)24(32)26(2,3)21-29/h13,15,24,29,32,34H,4-12,16-21H2,1-3H3,(H,27,30)/t14?,24-/m1/s1. The maximum absolute atomic E-state index is 12.8. The number of nitrogens with zero attached hydrogens (tertiary/aromatic N) is 1. The Morgan fingerprint density at radius 3 is 2.26 bits per heavy atom. The van der Waals surface area contributed by atoms with Crippen LogP contribution in [0, 0.1) is 5.41 Å². The summed E-state index contributed by atoms with van der Waals surface area (Å²) in [6.45, 7) is 5.10. The summed E-state index contributed by atoms with van der Waals surface area (Å²) in [4.78, 5) is 38.3. The highest BCUT2D eigenvalue weighted by molar-refractivity contribution is 7.80. The predicted molar refractivity (Wildman–Crippen MR) is 140 cm³/mol. The molecule has 0 heterocycles. The van der Waals surface area contributed by atoms with Gasteiger partial charge in [0.1, 0.15) is 6.10 Å². The molecule has 0 aliphatic carbocycles. The van der Waals surface area contributed by atoms with Gasteiger partial charge in [0, 0.05) is 30.7 Å². The van der Waals surface area contributed by atoms with Gasteiger partial charge >= 0.3 is 0 Å². The van der Waals surface area contributed by atoms with Crippen molar-refractivity contribution in [3.63, 3.8) is 0 Å². The number of hydrogen-bond acceptors (Lipinski definition) is 6. The Morgan fingerprint density at radius 1 is 1.06 bits per heavy atom. The molecule has 196 valence electrons. The molecule has 7 nitrogen and oxygen atoms in total. The van der Waals surface area contributed by atoms with Crippen molar-refractivity contribution < 1.29 is 24.6 Å². The van der Waals surface area contributed by atoms with Gasteiger partial charge in [-0.2, -0.15) is 12.6 Å². The largest absolute Gasteiger partial charge is 0.396 e. The van der Waals surface area contributed by atoms with Gasteiger partial charge in [0.2, 0.25) is 11.8 Å². The Morgan fingerprint density at radius 2 is 1.68 bits per heavy atom. The molecule has 0 saturated heterocycles. The highest BCUT2D eigenvalue weighted by atomic mass is 32.1. The Bertz CT molecular complexity index is 660. The average molecular weight is 499 g/mol. The van der Waals surface area contributed by atoms with Gasteiger partial charge in [0.15, 0.2) is 0 Å². The molecule has 0 fully saturated rings. The fraction of sp³-hybridized carbons (Fsp3) is 0.769. The van der Waals surface area contributed by atoms with Crippen LogP contribution in [0.5, 0.6) is 0 Å². The van der Waals surface area contributed by atoms with E-state index in [9.17, 15) is 24.6 Å².